The maximum atomic E-state index is 4.04. The predicted molar refractivity (Wildman–Crippen MR) is 301 cm³/mol. The molecule has 2 aliphatic rings. The van der Waals surface area contributed by atoms with Gasteiger partial charge < -0.3 is 4.90 Å². The molecule has 0 bridgehead atoms. The van der Waals surface area contributed by atoms with E-state index in [4.69, 9.17) is 0 Å². The topological polar surface area (TPSA) is 3.24 Å². The summed E-state index contributed by atoms with van der Waals surface area (Å²) in [5.41, 5.74) is 18.1. The molecule has 12 aromatic rings. The Bertz CT molecular complexity index is 4190. The molecule has 1 aromatic heterocycles. The van der Waals surface area contributed by atoms with Gasteiger partial charge in [0.05, 0.1) is 5.41 Å². The Balaban J connectivity index is 0.947. The maximum absolute atomic E-state index is 4.04. The summed E-state index contributed by atoms with van der Waals surface area (Å²) in [6.07, 6.45) is 6.20. The quantitative estimate of drug-likeness (QED) is 0.114. The number of rotatable bonds is 7. The zero-order valence-corrected chi connectivity index (χ0v) is 39.5. The van der Waals surface area contributed by atoms with E-state index in [-0.39, 0.29) is 0 Å². The summed E-state index contributed by atoms with van der Waals surface area (Å²) in [6.45, 7) is 6.38. The van der Waals surface area contributed by atoms with Crippen LogP contribution in [0.1, 0.15) is 29.2 Å². The van der Waals surface area contributed by atoms with Crippen LogP contribution in [0, 0.1) is 0 Å². The second kappa shape index (κ2) is 15.7. The van der Waals surface area contributed by atoms with Crippen molar-refractivity contribution in [2.24, 2.45) is 0 Å². The van der Waals surface area contributed by atoms with Crippen LogP contribution in [0.5, 0.6) is 0 Å². The predicted octanol–water partition coefficient (Wildman–Crippen LogP) is 19.2. The van der Waals surface area contributed by atoms with Gasteiger partial charge in [0.2, 0.25) is 0 Å². The second-order valence-electron chi connectivity index (χ2n) is 18.8. The number of nitrogens with zero attached hydrogens (tertiary/aromatic N) is 1. The van der Waals surface area contributed by atoms with E-state index in [9.17, 15) is 0 Å². The fourth-order valence-electron chi connectivity index (χ4n) is 12.2. The van der Waals surface area contributed by atoms with Crippen LogP contribution in [-0.2, 0) is 5.41 Å². The molecule has 0 amide bonds. The molecule has 2 heteroatoms. The van der Waals surface area contributed by atoms with E-state index in [0.29, 0.717) is 0 Å². The average molecular weight is 908 g/mol. The highest BCUT2D eigenvalue weighted by Crippen LogP contribution is 2.62. The highest BCUT2D eigenvalue weighted by atomic mass is 32.1. The number of allylic oxidation sites excluding steroid dienone is 5. The highest BCUT2D eigenvalue weighted by molar-refractivity contribution is 7.25. The molecule has 0 aliphatic heterocycles. The lowest BCUT2D eigenvalue weighted by Gasteiger charge is -2.33. The van der Waals surface area contributed by atoms with Crippen LogP contribution in [0.25, 0.3) is 91.4 Å². The van der Waals surface area contributed by atoms with Gasteiger partial charge in [0.1, 0.15) is 0 Å². The Morgan fingerprint density at radius 2 is 0.900 bits per heavy atom. The largest absolute Gasteiger partial charge is 0.310 e. The van der Waals surface area contributed by atoms with Crippen molar-refractivity contribution >= 4 is 86.5 Å². The van der Waals surface area contributed by atoms with Crippen molar-refractivity contribution in [2.45, 2.75) is 12.3 Å². The van der Waals surface area contributed by atoms with Crippen LogP contribution in [0.4, 0.5) is 17.1 Å². The fourth-order valence-corrected chi connectivity index (χ4v) is 13.3. The van der Waals surface area contributed by atoms with Gasteiger partial charge in [0.15, 0.2) is 0 Å². The van der Waals surface area contributed by atoms with E-state index in [2.05, 4.69) is 255 Å². The molecule has 0 saturated carbocycles. The first-order valence-electron chi connectivity index (χ1n) is 24.2. The SMILES string of the molecule is C=C/C=C\C1=C(C)C2(c3ccccc31)c1ccccc1-c1ccc(N(c3ccc(-c4cccc(-c5ccc6c(c5)sc5ccccc56)c4)cc3)c3ccc4c5ccccc5c5ccccc5c4c3)cc12. The summed E-state index contributed by atoms with van der Waals surface area (Å²) >= 11 is 1.87. The van der Waals surface area contributed by atoms with E-state index < -0.39 is 5.41 Å². The van der Waals surface area contributed by atoms with Gasteiger partial charge >= 0.3 is 0 Å². The van der Waals surface area contributed by atoms with Crippen LogP contribution in [0.15, 0.2) is 255 Å². The number of fused-ring (bicyclic) bond motifs is 16. The Morgan fingerprint density at radius 3 is 1.64 bits per heavy atom. The lowest BCUT2D eigenvalue weighted by atomic mass is 9.70. The third-order valence-corrected chi connectivity index (χ3v) is 16.4. The lowest BCUT2D eigenvalue weighted by molar-refractivity contribution is 0.766. The number of hydrogen-bond donors (Lipinski definition) is 0. The van der Waals surface area contributed by atoms with E-state index in [1.54, 1.807) is 0 Å². The van der Waals surface area contributed by atoms with Crippen molar-refractivity contribution in [3.63, 3.8) is 0 Å². The van der Waals surface area contributed by atoms with E-state index >= 15 is 0 Å². The fraction of sp³-hybridized carbons (Fsp3) is 0.0294. The smallest absolute Gasteiger partial charge is 0.0686 e. The summed E-state index contributed by atoms with van der Waals surface area (Å²) in [5, 5.41) is 10.2. The number of anilines is 3. The van der Waals surface area contributed by atoms with Crippen LogP contribution < -0.4 is 4.90 Å². The highest BCUT2D eigenvalue weighted by Gasteiger charge is 2.51. The molecule has 1 nitrogen and oxygen atoms in total. The zero-order chi connectivity index (χ0) is 46.5. The molecule has 0 saturated heterocycles. The van der Waals surface area contributed by atoms with Crippen LogP contribution in [-0.4, -0.2) is 0 Å². The third-order valence-electron chi connectivity index (χ3n) is 15.3. The van der Waals surface area contributed by atoms with Crippen molar-refractivity contribution in [3.8, 4) is 33.4 Å². The van der Waals surface area contributed by atoms with Crippen molar-refractivity contribution in [3.05, 3.63) is 277 Å². The normalized spacial score (nSPS) is 14.9. The van der Waals surface area contributed by atoms with Crippen molar-refractivity contribution < 1.29 is 0 Å². The molecule has 0 fully saturated rings. The van der Waals surface area contributed by atoms with E-state index in [1.165, 1.54) is 119 Å². The molecule has 1 spiro atoms. The van der Waals surface area contributed by atoms with Crippen molar-refractivity contribution in [1.82, 2.24) is 0 Å². The Labute approximate surface area is 411 Å². The van der Waals surface area contributed by atoms with Gasteiger partial charge in [-0.05, 0) is 161 Å². The van der Waals surface area contributed by atoms with Gasteiger partial charge in [-0.2, -0.15) is 0 Å². The Hall–Kier alpha value is -8.56. The van der Waals surface area contributed by atoms with Gasteiger partial charge in [-0.1, -0.05) is 195 Å². The minimum Gasteiger partial charge on any atom is -0.310 e. The molecule has 2 aliphatic carbocycles. The minimum atomic E-state index is -0.458. The minimum absolute atomic E-state index is 0.458. The molecule has 11 aromatic carbocycles. The maximum Gasteiger partial charge on any atom is 0.0686 e. The molecular formula is C68H45NS. The average Bonchev–Trinajstić information content (AvgIpc) is 4.03. The summed E-state index contributed by atoms with van der Waals surface area (Å²) in [7, 11) is 0. The molecule has 70 heavy (non-hydrogen) atoms. The number of thiophene rings is 1. The number of benzene rings is 11. The molecule has 1 heterocycles. The third kappa shape index (κ3) is 5.90. The standard InChI is InChI=1S/C68H45NS/c1-3-4-18-51-43(2)68(63-26-12-9-23-57(51)63)64-27-13-10-24-58(64)59-38-35-50(42-65(59)68)69(49-34-37-56-54-21-6-5-19-52(54)53-20-7-8-22-55(53)62(56)41-49)48-32-29-44(30-33-48)45-16-15-17-46(39-45)47-31-36-61-60-25-11-14-28-66(60)70-67(61)40-47/h3-42H,1H2,2H3/b18-4-. The van der Waals surface area contributed by atoms with E-state index in [0.717, 1.165) is 17.1 Å². The van der Waals surface area contributed by atoms with Crippen LogP contribution in [0.3, 0.4) is 0 Å². The first kappa shape index (κ1) is 40.5. The van der Waals surface area contributed by atoms with Gasteiger partial charge in [-0.15, -0.1) is 11.3 Å². The zero-order valence-electron chi connectivity index (χ0n) is 38.7. The van der Waals surface area contributed by atoms with Crippen molar-refractivity contribution in [1.29, 1.82) is 0 Å². The van der Waals surface area contributed by atoms with Gasteiger partial charge in [0.25, 0.3) is 0 Å². The van der Waals surface area contributed by atoms with Crippen molar-refractivity contribution in [2.75, 3.05) is 4.90 Å². The first-order valence-corrected chi connectivity index (χ1v) is 25.0. The summed E-state index contributed by atoms with van der Waals surface area (Å²) < 4.78 is 2.65. The Morgan fingerprint density at radius 1 is 0.386 bits per heavy atom. The van der Waals surface area contributed by atoms with Gasteiger partial charge in [-0.3, -0.25) is 0 Å². The summed E-state index contributed by atoms with van der Waals surface area (Å²) in [4.78, 5) is 2.47. The van der Waals surface area contributed by atoms with Gasteiger partial charge in [-0.25, -0.2) is 0 Å². The molecule has 0 N–H and O–H groups in total. The summed E-state index contributed by atoms with van der Waals surface area (Å²) in [5.74, 6) is 0. The van der Waals surface area contributed by atoms with E-state index in [1.807, 2.05) is 17.4 Å². The molecule has 0 radical (unpaired) electrons. The Kier molecular flexibility index (Phi) is 9.11. The molecule has 1 atom stereocenters. The lowest BCUT2D eigenvalue weighted by Crippen LogP contribution is -2.26. The summed E-state index contributed by atoms with van der Waals surface area (Å²) in [6, 6.07) is 83.9. The van der Waals surface area contributed by atoms with Crippen LogP contribution >= 0.6 is 11.3 Å². The molecule has 1 unspecified atom stereocenters. The number of hydrogen-bond acceptors (Lipinski definition) is 2. The monoisotopic (exact) mass is 907 g/mol. The first-order chi connectivity index (χ1) is 34.6. The molecule has 14 rings (SSSR count). The van der Waals surface area contributed by atoms with Gasteiger partial charge in [0, 0.05) is 37.2 Å². The second-order valence-corrected chi connectivity index (χ2v) is 19.9. The molecule has 328 valence electrons. The molecular weight excluding hydrogens is 863 g/mol. The van der Waals surface area contributed by atoms with Crippen LogP contribution in [0.2, 0.25) is 0 Å².